The Morgan fingerprint density at radius 1 is 1.56 bits per heavy atom. The highest BCUT2D eigenvalue weighted by molar-refractivity contribution is 6.31. The summed E-state index contributed by atoms with van der Waals surface area (Å²) >= 11 is 6.27. The number of rotatable bonds is 4. The van der Waals surface area contributed by atoms with E-state index in [0.29, 0.717) is 5.92 Å². The Labute approximate surface area is 114 Å². The Morgan fingerprint density at radius 2 is 2.33 bits per heavy atom. The minimum Gasteiger partial charge on any atom is -0.384 e. The monoisotopic (exact) mass is 268 g/mol. The van der Waals surface area contributed by atoms with Gasteiger partial charge in [-0.15, -0.1) is 0 Å². The van der Waals surface area contributed by atoms with Crippen molar-refractivity contribution in [3.63, 3.8) is 0 Å². The number of anilines is 1. The summed E-state index contributed by atoms with van der Waals surface area (Å²) in [7, 11) is 1.76. The highest BCUT2D eigenvalue weighted by atomic mass is 35.5. The summed E-state index contributed by atoms with van der Waals surface area (Å²) in [4.78, 5) is 2.36. The summed E-state index contributed by atoms with van der Waals surface area (Å²) in [5, 5.41) is 0.762. The molecule has 0 bridgehead atoms. The molecule has 2 atom stereocenters. The first-order valence-electron chi connectivity index (χ1n) is 6.40. The fourth-order valence-electron chi connectivity index (χ4n) is 2.52. The van der Waals surface area contributed by atoms with E-state index >= 15 is 0 Å². The molecule has 1 aromatic carbocycles. The summed E-state index contributed by atoms with van der Waals surface area (Å²) in [6.07, 6.45) is 1.18. The summed E-state index contributed by atoms with van der Waals surface area (Å²) in [5.74, 6) is 0.627. The second kappa shape index (κ2) is 5.91. The number of hydrogen-bond acceptors (Lipinski definition) is 3. The largest absolute Gasteiger partial charge is 0.384 e. The lowest BCUT2D eigenvalue weighted by Crippen LogP contribution is -2.21. The van der Waals surface area contributed by atoms with Crippen LogP contribution >= 0.6 is 11.6 Å². The zero-order valence-corrected chi connectivity index (χ0v) is 11.8. The first kappa shape index (κ1) is 13.7. The van der Waals surface area contributed by atoms with Crippen LogP contribution in [0, 0.1) is 5.92 Å². The molecule has 0 aliphatic carbocycles. The van der Waals surface area contributed by atoms with E-state index in [9.17, 15) is 0 Å². The quantitative estimate of drug-likeness (QED) is 0.913. The number of hydrogen-bond donors (Lipinski definition) is 1. The van der Waals surface area contributed by atoms with E-state index in [4.69, 9.17) is 22.1 Å². The predicted octanol–water partition coefficient (Wildman–Crippen LogP) is 2.83. The fraction of sp³-hybridized carbons (Fsp3) is 0.571. The molecule has 0 radical (unpaired) electrons. The molecule has 1 heterocycles. The third-order valence-electron chi connectivity index (χ3n) is 3.53. The topological polar surface area (TPSA) is 38.5 Å². The van der Waals surface area contributed by atoms with Crippen LogP contribution in [0.1, 0.15) is 24.9 Å². The van der Waals surface area contributed by atoms with Gasteiger partial charge in [0.1, 0.15) is 0 Å². The van der Waals surface area contributed by atoms with Gasteiger partial charge in [0.05, 0.1) is 6.61 Å². The Balaban J connectivity index is 2.09. The smallest absolute Gasteiger partial charge is 0.0508 e. The van der Waals surface area contributed by atoms with Gasteiger partial charge < -0.3 is 15.4 Å². The number of ether oxygens (including phenoxy) is 1. The lowest BCUT2D eigenvalue weighted by atomic mass is 10.1. The van der Waals surface area contributed by atoms with Crippen LogP contribution in [0.15, 0.2) is 18.2 Å². The molecule has 0 aromatic heterocycles. The maximum Gasteiger partial charge on any atom is 0.0508 e. The van der Waals surface area contributed by atoms with Crippen molar-refractivity contribution in [1.82, 2.24) is 0 Å². The molecule has 1 fully saturated rings. The van der Waals surface area contributed by atoms with Crippen LogP contribution in [0.25, 0.3) is 0 Å². The van der Waals surface area contributed by atoms with Crippen molar-refractivity contribution >= 4 is 17.3 Å². The van der Waals surface area contributed by atoms with E-state index in [2.05, 4.69) is 11.0 Å². The maximum atomic E-state index is 6.27. The molecule has 2 unspecified atom stereocenters. The maximum absolute atomic E-state index is 6.27. The molecular formula is C14H21ClN2O. The molecule has 18 heavy (non-hydrogen) atoms. The second-order valence-electron chi connectivity index (χ2n) is 5.05. The van der Waals surface area contributed by atoms with Crippen LogP contribution < -0.4 is 10.6 Å². The molecule has 100 valence electrons. The average molecular weight is 269 g/mol. The van der Waals surface area contributed by atoms with Gasteiger partial charge in [-0.2, -0.15) is 0 Å². The third kappa shape index (κ3) is 2.97. The predicted molar refractivity (Wildman–Crippen MR) is 76.3 cm³/mol. The molecule has 1 aliphatic heterocycles. The zero-order valence-electron chi connectivity index (χ0n) is 11.0. The number of nitrogens with zero attached hydrogens (tertiary/aromatic N) is 1. The molecule has 2 N–H and O–H groups in total. The number of benzene rings is 1. The Morgan fingerprint density at radius 3 is 2.94 bits per heavy atom. The van der Waals surface area contributed by atoms with Crippen molar-refractivity contribution in [2.45, 2.75) is 19.4 Å². The molecule has 0 amide bonds. The minimum absolute atomic E-state index is 0.0219. The van der Waals surface area contributed by atoms with E-state index in [-0.39, 0.29) is 6.04 Å². The number of halogens is 1. The van der Waals surface area contributed by atoms with Crippen molar-refractivity contribution in [3.05, 3.63) is 28.8 Å². The van der Waals surface area contributed by atoms with Gasteiger partial charge in [-0.25, -0.2) is 0 Å². The highest BCUT2D eigenvalue weighted by Crippen LogP contribution is 2.30. The van der Waals surface area contributed by atoms with Crippen molar-refractivity contribution < 1.29 is 4.74 Å². The van der Waals surface area contributed by atoms with Gasteiger partial charge in [-0.3, -0.25) is 0 Å². The normalized spacial score (nSPS) is 21.3. The van der Waals surface area contributed by atoms with Crippen molar-refractivity contribution in [2.75, 3.05) is 31.7 Å². The molecule has 2 rings (SSSR count). The first-order valence-corrected chi connectivity index (χ1v) is 6.78. The Kier molecular flexibility index (Phi) is 4.49. The zero-order chi connectivity index (χ0) is 13.1. The number of nitrogens with two attached hydrogens (primary N) is 1. The van der Waals surface area contributed by atoms with Gasteiger partial charge in [0.15, 0.2) is 0 Å². The van der Waals surface area contributed by atoms with E-state index < -0.39 is 0 Å². The lowest BCUT2D eigenvalue weighted by molar-refractivity contribution is 0.161. The van der Waals surface area contributed by atoms with Crippen LogP contribution in [0.3, 0.4) is 0 Å². The van der Waals surface area contributed by atoms with Gasteiger partial charge in [-0.1, -0.05) is 17.7 Å². The average Bonchev–Trinajstić information content (AvgIpc) is 2.77. The second-order valence-corrected chi connectivity index (χ2v) is 5.46. The van der Waals surface area contributed by atoms with Crippen molar-refractivity contribution in [1.29, 1.82) is 0 Å². The van der Waals surface area contributed by atoms with Crippen LogP contribution in [-0.2, 0) is 4.74 Å². The molecule has 4 heteroatoms. The molecule has 0 spiro atoms. The summed E-state index contributed by atoms with van der Waals surface area (Å²) < 4.78 is 5.21. The van der Waals surface area contributed by atoms with Gasteiger partial charge in [-0.05, 0) is 31.0 Å². The van der Waals surface area contributed by atoms with E-state index in [0.717, 1.165) is 30.3 Å². The first-order chi connectivity index (χ1) is 8.61. The third-order valence-corrected chi connectivity index (χ3v) is 3.86. The van der Waals surface area contributed by atoms with Gasteiger partial charge in [0.25, 0.3) is 0 Å². The minimum atomic E-state index is -0.0219. The Bertz CT molecular complexity index is 409. The van der Waals surface area contributed by atoms with Crippen molar-refractivity contribution in [3.8, 4) is 0 Å². The van der Waals surface area contributed by atoms with E-state index in [1.54, 1.807) is 7.11 Å². The van der Waals surface area contributed by atoms with Crippen LogP contribution in [-0.4, -0.2) is 26.8 Å². The van der Waals surface area contributed by atoms with Crippen LogP contribution in [0.2, 0.25) is 5.02 Å². The summed E-state index contributed by atoms with van der Waals surface area (Å²) in [6, 6.07) is 6.15. The standard InChI is InChI=1S/C14H21ClN2O/c1-10(16)13-4-3-12(7-14(13)15)17-6-5-11(8-17)9-18-2/h3-4,7,10-11H,5-6,8-9,16H2,1-2H3. The molecular weight excluding hydrogens is 248 g/mol. The van der Waals surface area contributed by atoms with Gasteiger partial charge in [0.2, 0.25) is 0 Å². The van der Waals surface area contributed by atoms with Gasteiger partial charge >= 0.3 is 0 Å². The van der Waals surface area contributed by atoms with E-state index in [1.807, 2.05) is 19.1 Å². The molecule has 1 aromatic rings. The van der Waals surface area contributed by atoms with Crippen molar-refractivity contribution in [2.24, 2.45) is 11.7 Å². The van der Waals surface area contributed by atoms with Crippen LogP contribution in [0.4, 0.5) is 5.69 Å². The summed E-state index contributed by atoms with van der Waals surface area (Å²) in [5.41, 5.74) is 8.06. The molecule has 1 aliphatic rings. The SMILES string of the molecule is COCC1CCN(c2ccc(C(C)N)c(Cl)c2)C1. The van der Waals surface area contributed by atoms with Gasteiger partial charge in [0, 0.05) is 42.9 Å². The van der Waals surface area contributed by atoms with Crippen LogP contribution in [0.5, 0.6) is 0 Å². The van der Waals surface area contributed by atoms with E-state index in [1.165, 1.54) is 12.1 Å². The molecule has 3 nitrogen and oxygen atoms in total. The summed E-state index contributed by atoms with van der Waals surface area (Å²) in [6.45, 7) is 4.90. The highest BCUT2D eigenvalue weighted by Gasteiger charge is 2.23. The number of methoxy groups -OCH3 is 1. The fourth-order valence-corrected chi connectivity index (χ4v) is 2.87. The molecule has 0 saturated carbocycles. The Hall–Kier alpha value is -0.770. The molecule has 1 saturated heterocycles. The lowest BCUT2D eigenvalue weighted by Gasteiger charge is -2.20.